The zero-order valence-electron chi connectivity index (χ0n) is 35.8. The monoisotopic (exact) mass is 885 g/mol. The van der Waals surface area contributed by atoms with Crippen molar-refractivity contribution in [2.45, 2.75) is 107 Å². The van der Waals surface area contributed by atoms with E-state index in [2.05, 4.69) is 17.1 Å². The van der Waals surface area contributed by atoms with E-state index in [4.69, 9.17) is 9.83 Å². The Bertz CT molecular complexity index is 2520. The van der Waals surface area contributed by atoms with Gasteiger partial charge < -0.3 is 9.74 Å². The fourth-order valence-corrected chi connectivity index (χ4v) is 8.74. The number of rotatable bonds is 18. The van der Waals surface area contributed by atoms with Crippen LogP contribution in [0.4, 0.5) is 5.69 Å². The number of hydrogen-bond donors (Lipinski definition) is 2. The van der Waals surface area contributed by atoms with Crippen molar-refractivity contribution in [1.29, 1.82) is 0 Å². The minimum Gasteiger partial charge on any atom is -0.344 e. The van der Waals surface area contributed by atoms with E-state index in [0.717, 1.165) is 29.8 Å². The fraction of sp³-hybridized carbons (Fsp3) is 0.362. The van der Waals surface area contributed by atoms with E-state index >= 15 is 0 Å². The number of amides is 2. The predicted octanol–water partition coefficient (Wildman–Crippen LogP) is 8.56. The second-order valence-corrected chi connectivity index (χ2v) is 19.2. The number of carbonyl (C=O) groups excluding carboxylic acids is 3. The molecule has 15 heteroatoms. The van der Waals surface area contributed by atoms with Crippen molar-refractivity contribution in [1.82, 2.24) is 5.06 Å². The molecule has 1 aliphatic carbocycles. The van der Waals surface area contributed by atoms with Gasteiger partial charge in [-0.1, -0.05) is 101 Å². The van der Waals surface area contributed by atoms with Crippen molar-refractivity contribution >= 4 is 49.4 Å². The summed E-state index contributed by atoms with van der Waals surface area (Å²) in [7, 11) is -8.92. The SMILES string of the molecule is Cc1ccc(S(=O)(=O)O)cc1C(C)(C)C(/C=C/C=C/C=C1/N(CCCCCC(=O)ON2C(=O)CCC2=O)c2ccc(S(=O)(=O)O)cc2C1(C)C)=NCCCC1=C/C=C\C=C/C=C1. The van der Waals surface area contributed by atoms with Crippen LogP contribution in [0.15, 0.2) is 135 Å². The van der Waals surface area contributed by atoms with E-state index < -0.39 is 48.8 Å². The van der Waals surface area contributed by atoms with Crippen LogP contribution >= 0.6 is 0 Å². The maximum atomic E-state index is 12.4. The number of unbranched alkanes of at least 4 members (excludes halogenated alkanes) is 2. The summed E-state index contributed by atoms with van der Waals surface area (Å²) in [6.45, 7) is 10.8. The Kier molecular flexibility index (Phi) is 15.5. The van der Waals surface area contributed by atoms with Crippen molar-refractivity contribution in [3.05, 3.63) is 137 Å². The Balaban J connectivity index is 1.38. The van der Waals surface area contributed by atoms with Crippen molar-refractivity contribution < 1.29 is 45.2 Å². The number of imide groups is 1. The summed E-state index contributed by atoms with van der Waals surface area (Å²) in [5.41, 5.74) is 4.31. The van der Waals surface area contributed by atoms with Crippen molar-refractivity contribution in [2.24, 2.45) is 4.99 Å². The third-order valence-electron chi connectivity index (χ3n) is 11.1. The van der Waals surface area contributed by atoms with Gasteiger partial charge in [-0.25, -0.2) is 4.79 Å². The number of carbonyl (C=O) groups is 3. The Hall–Kier alpha value is -5.48. The summed E-state index contributed by atoms with van der Waals surface area (Å²) < 4.78 is 68.3. The maximum Gasteiger partial charge on any atom is 0.333 e. The fourth-order valence-electron chi connectivity index (χ4n) is 7.72. The van der Waals surface area contributed by atoms with Crippen LogP contribution in [-0.4, -0.2) is 67.6 Å². The van der Waals surface area contributed by atoms with Gasteiger partial charge in [-0.2, -0.15) is 16.8 Å². The molecule has 0 radical (unpaired) electrons. The van der Waals surface area contributed by atoms with E-state index in [1.807, 2.05) is 95.4 Å². The van der Waals surface area contributed by atoms with Crippen LogP contribution in [0, 0.1) is 6.92 Å². The van der Waals surface area contributed by atoms with Crippen LogP contribution in [0.25, 0.3) is 0 Å². The molecule has 2 aromatic carbocycles. The molecule has 5 rings (SSSR count). The van der Waals surface area contributed by atoms with Gasteiger partial charge in [0.05, 0.1) is 9.79 Å². The van der Waals surface area contributed by atoms with Crippen LogP contribution in [0.3, 0.4) is 0 Å². The lowest BCUT2D eigenvalue weighted by Gasteiger charge is -2.28. The third kappa shape index (κ3) is 11.9. The molecule has 1 saturated heterocycles. The number of benzene rings is 2. The summed E-state index contributed by atoms with van der Waals surface area (Å²) in [4.78, 5) is 47.7. The van der Waals surface area contributed by atoms with Gasteiger partial charge in [0.15, 0.2) is 0 Å². The van der Waals surface area contributed by atoms with Gasteiger partial charge in [-0.15, -0.1) is 5.06 Å². The van der Waals surface area contributed by atoms with Gasteiger partial charge in [0.25, 0.3) is 32.1 Å². The van der Waals surface area contributed by atoms with E-state index in [0.29, 0.717) is 54.3 Å². The molecule has 0 saturated carbocycles. The van der Waals surface area contributed by atoms with Crippen LogP contribution < -0.4 is 4.90 Å². The minimum absolute atomic E-state index is 0.0189. The first-order valence-electron chi connectivity index (χ1n) is 20.6. The molecule has 62 heavy (non-hydrogen) atoms. The average Bonchev–Trinajstić information content (AvgIpc) is 3.61. The third-order valence-corrected chi connectivity index (χ3v) is 12.8. The van der Waals surface area contributed by atoms with Gasteiger partial charge in [-0.05, 0) is 97.4 Å². The molecule has 2 aromatic rings. The average molecular weight is 886 g/mol. The van der Waals surface area contributed by atoms with Gasteiger partial charge in [0, 0.05) is 60.3 Å². The van der Waals surface area contributed by atoms with Crippen LogP contribution in [0.2, 0.25) is 0 Å². The molecule has 2 aliphatic heterocycles. The number of aryl methyl sites for hydroxylation is 1. The van der Waals surface area contributed by atoms with E-state index in [-0.39, 0.29) is 29.1 Å². The molecule has 0 atom stereocenters. The van der Waals surface area contributed by atoms with Crippen LogP contribution in [-0.2, 0) is 50.3 Å². The molecular weight excluding hydrogens is 831 g/mol. The van der Waals surface area contributed by atoms with Crippen LogP contribution in [0.1, 0.15) is 95.8 Å². The van der Waals surface area contributed by atoms with E-state index in [1.165, 1.54) is 29.8 Å². The van der Waals surface area contributed by atoms with Crippen molar-refractivity contribution in [3.8, 4) is 0 Å². The molecule has 1 fully saturated rings. The first-order valence-corrected chi connectivity index (χ1v) is 23.4. The molecule has 330 valence electrons. The van der Waals surface area contributed by atoms with Gasteiger partial charge >= 0.3 is 5.97 Å². The lowest BCUT2D eigenvalue weighted by atomic mass is 9.77. The molecule has 0 bridgehead atoms. The normalized spacial score (nSPS) is 18.7. The highest BCUT2D eigenvalue weighted by molar-refractivity contribution is 7.86. The quantitative estimate of drug-likeness (QED) is 0.0480. The molecule has 0 aromatic heterocycles. The lowest BCUT2D eigenvalue weighted by Crippen LogP contribution is -2.32. The summed E-state index contributed by atoms with van der Waals surface area (Å²) >= 11 is 0. The summed E-state index contributed by atoms with van der Waals surface area (Å²) in [6, 6.07) is 9.07. The summed E-state index contributed by atoms with van der Waals surface area (Å²) in [5, 5.41) is 0.542. The molecule has 0 spiro atoms. The molecule has 0 unspecified atom stereocenters. The highest BCUT2D eigenvalue weighted by Gasteiger charge is 2.40. The van der Waals surface area contributed by atoms with Gasteiger partial charge in [-0.3, -0.25) is 23.7 Å². The largest absolute Gasteiger partial charge is 0.344 e. The topological polar surface area (TPSA) is 188 Å². The van der Waals surface area contributed by atoms with Crippen molar-refractivity contribution in [2.75, 3.05) is 18.0 Å². The molecule has 2 heterocycles. The number of nitrogens with zero attached hydrogens (tertiary/aromatic N) is 3. The molecule has 2 amide bonds. The minimum atomic E-state index is -4.47. The number of aliphatic imine (C=N–C) groups is 1. The highest BCUT2D eigenvalue weighted by Crippen LogP contribution is 2.48. The first-order chi connectivity index (χ1) is 29.2. The Labute approximate surface area is 365 Å². The standard InChI is InChI=1S/C47H55N3O10S2/c1-34-24-25-36(61(54,55)56)32-38(34)46(2,3)41(48-30-17-20-35-18-11-7-6-8-12-19-35)21-13-9-14-22-42-47(4,5)39-33-37(62(57,58)59)26-27-40(39)49(42)31-16-10-15-23-45(53)60-50-43(51)28-29-44(50)52/h6-9,11-14,18-19,21-22,24-27,32-33H,10,15-17,20,23,28-31H2,1-5H3,(H,54,55,56)(H,57,58,59)/b7-6-,8-6?,11-7?,12-8-,14-9+,18-11?,19-12?,21-13+,35-18?,35-19?,42-22+,48-41?. The second kappa shape index (κ2) is 20.1. The molecule has 2 N–H and O–H groups in total. The maximum absolute atomic E-state index is 12.4. The Morgan fingerprint density at radius 3 is 2.23 bits per heavy atom. The van der Waals surface area contributed by atoms with E-state index in [9.17, 15) is 40.3 Å². The molecular formula is C47H55N3O10S2. The molecule has 3 aliphatic rings. The first kappa shape index (κ1) is 47.6. The molecule has 13 nitrogen and oxygen atoms in total. The Morgan fingerprint density at radius 1 is 0.855 bits per heavy atom. The van der Waals surface area contributed by atoms with Crippen LogP contribution in [0.5, 0.6) is 0 Å². The van der Waals surface area contributed by atoms with Gasteiger partial charge in [0.1, 0.15) is 0 Å². The highest BCUT2D eigenvalue weighted by atomic mass is 32.2. The smallest absolute Gasteiger partial charge is 0.333 e. The zero-order chi connectivity index (χ0) is 45.3. The number of hydroxylamine groups is 2. The summed E-state index contributed by atoms with van der Waals surface area (Å²) in [5.74, 6) is -1.73. The second-order valence-electron chi connectivity index (χ2n) is 16.4. The number of allylic oxidation sites excluding steroid dienone is 14. The predicted molar refractivity (Wildman–Crippen MR) is 240 cm³/mol. The number of hydrogen-bond acceptors (Lipinski definition) is 10. The van der Waals surface area contributed by atoms with Gasteiger partial charge in [0.2, 0.25) is 0 Å². The Morgan fingerprint density at radius 2 is 1.52 bits per heavy atom. The lowest BCUT2D eigenvalue weighted by molar-refractivity contribution is -0.197. The van der Waals surface area contributed by atoms with Crippen molar-refractivity contribution in [3.63, 3.8) is 0 Å². The zero-order valence-corrected chi connectivity index (χ0v) is 37.4. The van der Waals surface area contributed by atoms with E-state index in [1.54, 1.807) is 12.1 Å². The summed E-state index contributed by atoms with van der Waals surface area (Å²) in [6.07, 6.45) is 26.8. The number of anilines is 1. The number of fused-ring (bicyclic) bond motifs is 1.